The van der Waals surface area contributed by atoms with E-state index in [0.717, 1.165) is 22.0 Å². The standard InChI is InChI=1S/C14H11N5OS/c1-20-12-4-2-3-10(5-12)14-17-11(8-21-14)7-19-9-16-13(6-15)18-19/h2-5,8-9H,7H2,1H3. The molecule has 3 aromatic rings. The summed E-state index contributed by atoms with van der Waals surface area (Å²) in [4.78, 5) is 8.45. The van der Waals surface area contributed by atoms with Crippen LogP contribution in [0.3, 0.4) is 0 Å². The Morgan fingerprint density at radius 1 is 1.43 bits per heavy atom. The van der Waals surface area contributed by atoms with Crippen molar-refractivity contribution in [3.63, 3.8) is 0 Å². The van der Waals surface area contributed by atoms with Crippen LogP contribution in [-0.4, -0.2) is 26.9 Å². The Morgan fingerprint density at radius 2 is 2.33 bits per heavy atom. The molecule has 0 aliphatic carbocycles. The van der Waals surface area contributed by atoms with E-state index in [1.165, 1.54) is 6.33 Å². The van der Waals surface area contributed by atoms with Gasteiger partial charge in [-0.25, -0.2) is 14.6 Å². The van der Waals surface area contributed by atoms with Crippen LogP contribution in [0.15, 0.2) is 36.0 Å². The van der Waals surface area contributed by atoms with Crippen LogP contribution in [0, 0.1) is 11.3 Å². The molecular formula is C14H11N5OS. The predicted molar refractivity (Wildman–Crippen MR) is 77.9 cm³/mol. The van der Waals surface area contributed by atoms with Crippen molar-refractivity contribution in [2.75, 3.05) is 7.11 Å². The molecule has 0 unspecified atom stereocenters. The highest BCUT2D eigenvalue weighted by molar-refractivity contribution is 7.13. The van der Waals surface area contributed by atoms with E-state index < -0.39 is 0 Å². The van der Waals surface area contributed by atoms with Gasteiger partial charge in [0, 0.05) is 10.9 Å². The number of aromatic nitrogens is 4. The number of hydrogen-bond acceptors (Lipinski definition) is 6. The molecule has 0 saturated carbocycles. The van der Waals surface area contributed by atoms with Gasteiger partial charge in [0.05, 0.1) is 19.3 Å². The number of nitriles is 1. The van der Waals surface area contributed by atoms with Gasteiger partial charge in [0.25, 0.3) is 5.82 Å². The molecule has 0 radical (unpaired) electrons. The molecule has 0 saturated heterocycles. The van der Waals surface area contributed by atoms with Gasteiger partial charge in [-0.05, 0) is 12.1 Å². The third-order valence-electron chi connectivity index (χ3n) is 2.83. The summed E-state index contributed by atoms with van der Waals surface area (Å²) in [5.41, 5.74) is 1.90. The topological polar surface area (TPSA) is 76.6 Å². The number of methoxy groups -OCH3 is 1. The van der Waals surface area contributed by atoms with Gasteiger partial charge in [-0.1, -0.05) is 12.1 Å². The molecule has 104 valence electrons. The molecule has 0 aliphatic rings. The first-order valence-corrected chi connectivity index (χ1v) is 7.05. The van der Waals surface area contributed by atoms with Crippen molar-refractivity contribution in [2.24, 2.45) is 0 Å². The lowest BCUT2D eigenvalue weighted by atomic mass is 10.2. The highest BCUT2D eigenvalue weighted by Gasteiger charge is 2.07. The fourth-order valence-electron chi connectivity index (χ4n) is 1.86. The van der Waals surface area contributed by atoms with Crippen molar-refractivity contribution in [2.45, 2.75) is 6.54 Å². The Kier molecular flexibility index (Phi) is 3.62. The summed E-state index contributed by atoms with van der Waals surface area (Å²) in [7, 11) is 1.64. The van der Waals surface area contributed by atoms with E-state index in [0.29, 0.717) is 6.54 Å². The average Bonchev–Trinajstić information content (AvgIpc) is 3.17. The lowest BCUT2D eigenvalue weighted by molar-refractivity contribution is 0.415. The second kappa shape index (κ2) is 5.73. The Hall–Kier alpha value is -2.72. The van der Waals surface area contributed by atoms with E-state index in [4.69, 9.17) is 10.00 Å². The first-order valence-electron chi connectivity index (χ1n) is 6.17. The third-order valence-corrected chi connectivity index (χ3v) is 3.77. The monoisotopic (exact) mass is 297 g/mol. The molecule has 2 heterocycles. The Balaban J connectivity index is 1.81. The summed E-state index contributed by atoms with van der Waals surface area (Å²) in [6.07, 6.45) is 1.53. The number of nitrogens with zero attached hydrogens (tertiary/aromatic N) is 5. The maximum Gasteiger partial charge on any atom is 0.252 e. The fraction of sp³-hybridized carbons (Fsp3) is 0.143. The minimum absolute atomic E-state index is 0.165. The van der Waals surface area contributed by atoms with Crippen molar-refractivity contribution in [1.29, 1.82) is 5.26 Å². The van der Waals surface area contributed by atoms with Gasteiger partial charge in [0.2, 0.25) is 0 Å². The van der Waals surface area contributed by atoms with Crippen molar-refractivity contribution in [3.05, 3.63) is 47.5 Å². The predicted octanol–water partition coefficient (Wildman–Crippen LogP) is 2.33. The summed E-state index contributed by atoms with van der Waals surface area (Å²) < 4.78 is 6.82. The number of ether oxygens (including phenoxy) is 1. The number of hydrogen-bond donors (Lipinski definition) is 0. The van der Waals surface area contributed by atoms with E-state index in [2.05, 4.69) is 15.1 Å². The van der Waals surface area contributed by atoms with Gasteiger partial charge in [-0.15, -0.1) is 16.4 Å². The quantitative estimate of drug-likeness (QED) is 0.738. The van der Waals surface area contributed by atoms with E-state index >= 15 is 0 Å². The summed E-state index contributed by atoms with van der Waals surface area (Å²) >= 11 is 1.56. The van der Waals surface area contributed by atoms with Crippen LogP contribution in [0.5, 0.6) is 5.75 Å². The van der Waals surface area contributed by atoms with Crippen LogP contribution >= 0.6 is 11.3 Å². The molecule has 0 atom stereocenters. The summed E-state index contributed by atoms with van der Waals surface area (Å²) in [6.45, 7) is 0.495. The van der Waals surface area contributed by atoms with Crippen LogP contribution < -0.4 is 4.74 Å². The molecular weight excluding hydrogens is 286 g/mol. The van der Waals surface area contributed by atoms with Gasteiger partial charge in [0.15, 0.2) is 0 Å². The van der Waals surface area contributed by atoms with E-state index in [1.54, 1.807) is 23.1 Å². The number of thiazole rings is 1. The zero-order valence-electron chi connectivity index (χ0n) is 11.2. The molecule has 0 bridgehead atoms. The average molecular weight is 297 g/mol. The zero-order chi connectivity index (χ0) is 14.7. The fourth-order valence-corrected chi connectivity index (χ4v) is 2.66. The van der Waals surface area contributed by atoms with E-state index in [-0.39, 0.29) is 5.82 Å². The van der Waals surface area contributed by atoms with Crippen molar-refractivity contribution in [1.82, 2.24) is 19.7 Å². The van der Waals surface area contributed by atoms with Crippen LogP contribution in [0.25, 0.3) is 10.6 Å². The molecule has 0 amide bonds. The largest absolute Gasteiger partial charge is 0.497 e. The van der Waals surface area contributed by atoms with Gasteiger partial charge in [-0.3, -0.25) is 0 Å². The molecule has 21 heavy (non-hydrogen) atoms. The maximum absolute atomic E-state index is 8.71. The second-order valence-corrected chi connectivity index (χ2v) is 5.11. The van der Waals surface area contributed by atoms with Crippen molar-refractivity contribution in [3.8, 4) is 22.4 Å². The molecule has 1 aromatic carbocycles. The van der Waals surface area contributed by atoms with Crippen molar-refractivity contribution < 1.29 is 4.74 Å². The lowest BCUT2D eigenvalue weighted by Gasteiger charge is -2.01. The molecule has 0 spiro atoms. The molecule has 6 nitrogen and oxygen atoms in total. The van der Waals surface area contributed by atoms with Crippen LogP contribution in [0.1, 0.15) is 11.5 Å². The second-order valence-electron chi connectivity index (χ2n) is 4.25. The Labute approximate surface area is 125 Å². The molecule has 3 rings (SSSR count). The van der Waals surface area contributed by atoms with Crippen LogP contribution in [0.2, 0.25) is 0 Å². The SMILES string of the molecule is COc1cccc(-c2nc(Cn3cnc(C#N)n3)cs2)c1. The minimum Gasteiger partial charge on any atom is -0.497 e. The van der Waals surface area contributed by atoms with Crippen LogP contribution in [0.4, 0.5) is 0 Å². The van der Waals surface area contributed by atoms with Gasteiger partial charge in [-0.2, -0.15) is 5.26 Å². The molecule has 0 N–H and O–H groups in total. The van der Waals surface area contributed by atoms with Gasteiger partial charge < -0.3 is 4.74 Å². The Morgan fingerprint density at radius 3 is 3.10 bits per heavy atom. The lowest BCUT2D eigenvalue weighted by Crippen LogP contribution is -2.00. The Bertz CT molecular complexity index is 802. The molecule has 7 heteroatoms. The molecule has 0 fully saturated rings. The number of benzene rings is 1. The van der Waals surface area contributed by atoms with Crippen molar-refractivity contribution >= 4 is 11.3 Å². The highest BCUT2D eigenvalue weighted by Crippen LogP contribution is 2.26. The zero-order valence-corrected chi connectivity index (χ0v) is 12.0. The normalized spacial score (nSPS) is 10.3. The highest BCUT2D eigenvalue weighted by atomic mass is 32.1. The molecule has 0 aliphatic heterocycles. The van der Waals surface area contributed by atoms with Gasteiger partial charge in [0.1, 0.15) is 23.2 Å². The number of rotatable bonds is 4. The van der Waals surface area contributed by atoms with E-state index in [1.807, 2.05) is 35.7 Å². The first kappa shape index (κ1) is 13.3. The smallest absolute Gasteiger partial charge is 0.252 e. The summed E-state index contributed by atoms with van der Waals surface area (Å²) in [5.74, 6) is 0.970. The van der Waals surface area contributed by atoms with E-state index in [9.17, 15) is 0 Å². The van der Waals surface area contributed by atoms with Crippen LogP contribution in [-0.2, 0) is 6.54 Å². The van der Waals surface area contributed by atoms with Gasteiger partial charge >= 0.3 is 0 Å². The summed E-state index contributed by atoms with van der Waals surface area (Å²) in [6, 6.07) is 9.68. The maximum atomic E-state index is 8.71. The molecule has 2 aromatic heterocycles. The first-order chi connectivity index (χ1) is 10.3. The summed E-state index contributed by atoms with van der Waals surface area (Å²) in [5, 5.41) is 15.6. The minimum atomic E-state index is 0.165. The third kappa shape index (κ3) is 2.90.